The van der Waals surface area contributed by atoms with Crippen LogP contribution in [0.4, 0.5) is 0 Å². The molecule has 0 aromatic heterocycles. The minimum Gasteiger partial charge on any atom is -0.299 e. The topological polar surface area (TPSA) is 6.48 Å². The van der Waals surface area contributed by atoms with Crippen molar-refractivity contribution in [3.05, 3.63) is 0 Å². The molecule has 0 amide bonds. The molecule has 3 fully saturated rings. The van der Waals surface area contributed by atoms with E-state index in [1.165, 1.54) is 71.1 Å². The summed E-state index contributed by atoms with van der Waals surface area (Å²) in [5.41, 5.74) is 0. The van der Waals surface area contributed by atoms with Gasteiger partial charge in [-0.15, -0.1) is 0 Å². The van der Waals surface area contributed by atoms with E-state index in [1.54, 1.807) is 0 Å². The number of rotatable bonds is 2. The molecular formula is C13H24N2. The van der Waals surface area contributed by atoms with Crippen LogP contribution in [0.25, 0.3) is 0 Å². The second-order valence-corrected chi connectivity index (χ2v) is 5.55. The Morgan fingerprint density at radius 2 is 0.933 bits per heavy atom. The van der Waals surface area contributed by atoms with Crippen molar-refractivity contribution >= 4 is 0 Å². The third-order valence-electron chi connectivity index (χ3n) is 4.66. The Bertz CT molecular complexity index is 183. The number of likely N-dealkylation sites (tertiary alicyclic amines) is 2. The maximum Gasteiger partial charge on any atom is 0.0251 e. The maximum absolute atomic E-state index is 2.79. The van der Waals surface area contributed by atoms with E-state index < -0.39 is 0 Å². The Morgan fingerprint density at radius 1 is 0.533 bits per heavy atom. The highest BCUT2D eigenvalue weighted by Crippen LogP contribution is 2.32. The van der Waals surface area contributed by atoms with Gasteiger partial charge in [-0.25, -0.2) is 0 Å². The van der Waals surface area contributed by atoms with Gasteiger partial charge in [0.05, 0.1) is 0 Å². The minimum absolute atomic E-state index is 0.922. The molecule has 2 saturated heterocycles. The normalized spacial score (nSPS) is 39.2. The van der Waals surface area contributed by atoms with E-state index in [2.05, 4.69) is 9.80 Å². The summed E-state index contributed by atoms with van der Waals surface area (Å²) in [5.74, 6) is 0. The zero-order chi connectivity index (χ0) is 10.1. The molecule has 2 nitrogen and oxygen atoms in total. The molecule has 3 aliphatic rings. The van der Waals surface area contributed by atoms with Gasteiger partial charge in [0.1, 0.15) is 0 Å². The third kappa shape index (κ3) is 1.94. The smallest absolute Gasteiger partial charge is 0.0251 e. The van der Waals surface area contributed by atoms with Gasteiger partial charge in [0, 0.05) is 12.1 Å². The van der Waals surface area contributed by atoms with Crippen LogP contribution >= 0.6 is 0 Å². The fourth-order valence-electron chi connectivity index (χ4n) is 3.92. The standard InChI is InChI=1S/C13H24N2/c1-2-9-14(8-1)12-6-5-7-13(12)15-10-3-4-11-15/h12-13H,1-11H2. The molecule has 2 aliphatic heterocycles. The quantitative estimate of drug-likeness (QED) is 0.685. The van der Waals surface area contributed by atoms with Crippen molar-refractivity contribution in [2.24, 2.45) is 0 Å². The molecule has 0 radical (unpaired) electrons. The van der Waals surface area contributed by atoms with Crippen molar-refractivity contribution < 1.29 is 0 Å². The Morgan fingerprint density at radius 3 is 1.33 bits per heavy atom. The third-order valence-corrected chi connectivity index (χ3v) is 4.66. The van der Waals surface area contributed by atoms with Crippen molar-refractivity contribution in [2.75, 3.05) is 26.2 Å². The monoisotopic (exact) mass is 208 g/mol. The van der Waals surface area contributed by atoms with Gasteiger partial charge in [0.15, 0.2) is 0 Å². The van der Waals surface area contributed by atoms with Crippen molar-refractivity contribution in [3.63, 3.8) is 0 Å². The highest BCUT2D eigenvalue weighted by Gasteiger charge is 2.37. The Kier molecular flexibility index (Phi) is 2.98. The molecule has 1 saturated carbocycles. The summed E-state index contributed by atoms with van der Waals surface area (Å²) in [6.07, 6.45) is 10.2. The molecule has 2 heteroatoms. The molecule has 0 bridgehead atoms. The van der Waals surface area contributed by atoms with E-state index in [1.807, 2.05) is 0 Å². The second-order valence-electron chi connectivity index (χ2n) is 5.55. The lowest BCUT2D eigenvalue weighted by Crippen LogP contribution is -2.46. The number of hydrogen-bond donors (Lipinski definition) is 0. The van der Waals surface area contributed by atoms with Gasteiger partial charge in [0.2, 0.25) is 0 Å². The lowest BCUT2D eigenvalue weighted by atomic mass is 10.1. The fraction of sp³-hybridized carbons (Fsp3) is 1.00. The lowest BCUT2D eigenvalue weighted by Gasteiger charge is -2.34. The summed E-state index contributed by atoms with van der Waals surface area (Å²) < 4.78 is 0. The first-order valence-corrected chi connectivity index (χ1v) is 6.93. The van der Waals surface area contributed by atoms with Crippen LogP contribution in [0.2, 0.25) is 0 Å². The van der Waals surface area contributed by atoms with E-state index in [9.17, 15) is 0 Å². The van der Waals surface area contributed by atoms with E-state index in [0.29, 0.717) is 0 Å². The van der Waals surface area contributed by atoms with Crippen LogP contribution in [0.15, 0.2) is 0 Å². The first kappa shape index (κ1) is 10.1. The molecule has 2 unspecified atom stereocenters. The van der Waals surface area contributed by atoms with Gasteiger partial charge in [-0.05, 0) is 64.7 Å². The van der Waals surface area contributed by atoms with E-state index in [0.717, 1.165) is 12.1 Å². The van der Waals surface area contributed by atoms with Gasteiger partial charge in [-0.1, -0.05) is 6.42 Å². The minimum atomic E-state index is 0.922. The molecule has 0 N–H and O–H groups in total. The Hall–Kier alpha value is -0.0800. The summed E-state index contributed by atoms with van der Waals surface area (Å²) in [5, 5.41) is 0. The summed E-state index contributed by atoms with van der Waals surface area (Å²) in [7, 11) is 0. The zero-order valence-corrected chi connectivity index (χ0v) is 9.83. The highest BCUT2D eigenvalue weighted by atomic mass is 15.3. The lowest BCUT2D eigenvalue weighted by molar-refractivity contribution is 0.132. The maximum atomic E-state index is 2.79. The van der Waals surface area contributed by atoms with Gasteiger partial charge in [-0.3, -0.25) is 9.80 Å². The van der Waals surface area contributed by atoms with Crippen LogP contribution in [0.3, 0.4) is 0 Å². The summed E-state index contributed by atoms with van der Waals surface area (Å²) in [4.78, 5) is 5.58. The molecule has 86 valence electrons. The van der Waals surface area contributed by atoms with Crippen LogP contribution in [0.1, 0.15) is 44.9 Å². The molecular weight excluding hydrogens is 184 g/mol. The Labute approximate surface area is 93.6 Å². The number of hydrogen-bond acceptors (Lipinski definition) is 2. The van der Waals surface area contributed by atoms with Gasteiger partial charge in [0.25, 0.3) is 0 Å². The molecule has 0 aromatic carbocycles. The molecule has 0 spiro atoms. The number of nitrogens with zero attached hydrogens (tertiary/aromatic N) is 2. The van der Waals surface area contributed by atoms with E-state index >= 15 is 0 Å². The molecule has 1 aliphatic carbocycles. The first-order chi connectivity index (χ1) is 7.45. The van der Waals surface area contributed by atoms with Crippen LogP contribution in [-0.2, 0) is 0 Å². The predicted molar refractivity (Wildman–Crippen MR) is 63.0 cm³/mol. The van der Waals surface area contributed by atoms with Gasteiger partial charge >= 0.3 is 0 Å². The van der Waals surface area contributed by atoms with Crippen LogP contribution in [0.5, 0.6) is 0 Å². The van der Waals surface area contributed by atoms with Crippen molar-refractivity contribution in [2.45, 2.75) is 57.0 Å². The van der Waals surface area contributed by atoms with Crippen molar-refractivity contribution in [3.8, 4) is 0 Å². The largest absolute Gasteiger partial charge is 0.299 e. The average Bonchev–Trinajstić information content (AvgIpc) is 3.01. The summed E-state index contributed by atoms with van der Waals surface area (Å²) >= 11 is 0. The van der Waals surface area contributed by atoms with Crippen LogP contribution in [0, 0.1) is 0 Å². The van der Waals surface area contributed by atoms with Gasteiger partial charge in [-0.2, -0.15) is 0 Å². The van der Waals surface area contributed by atoms with Crippen molar-refractivity contribution in [1.29, 1.82) is 0 Å². The zero-order valence-electron chi connectivity index (χ0n) is 9.83. The molecule has 2 atom stereocenters. The summed E-state index contributed by atoms with van der Waals surface area (Å²) in [6, 6.07) is 1.84. The van der Waals surface area contributed by atoms with Gasteiger partial charge < -0.3 is 0 Å². The van der Waals surface area contributed by atoms with Crippen LogP contribution < -0.4 is 0 Å². The average molecular weight is 208 g/mol. The van der Waals surface area contributed by atoms with Crippen molar-refractivity contribution in [1.82, 2.24) is 9.80 Å². The molecule has 0 aromatic rings. The van der Waals surface area contributed by atoms with E-state index in [-0.39, 0.29) is 0 Å². The highest BCUT2D eigenvalue weighted by molar-refractivity contribution is 4.94. The second kappa shape index (κ2) is 4.42. The fourth-order valence-corrected chi connectivity index (χ4v) is 3.92. The first-order valence-electron chi connectivity index (χ1n) is 6.93. The molecule has 2 heterocycles. The summed E-state index contributed by atoms with van der Waals surface area (Å²) in [6.45, 7) is 5.54. The molecule has 15 heavy (non-hydrogen) atoms. The van der Waals surface area contributed by atoms with E-state index in [4.69, 9.17) is 0 Å². The molecule has 3 rings (SSSR count). The van der Waals surface area contributed by atoms with Crippen LogP contribution in [-0.4, -0.2) is 48.1 Å². The predicted octanol–water partition coefficient (Wildman–Crippen LogP) is 2.10. The SMILES string of the molecule is C1CC(N2CCCC2)C(N2CCCC2)C1. The Balaban J connectivity index is 1.65.